The van der Waals surface area contributed by atoms with Crippen LogP contribution in [0.25, 0.3) is 0 Å². The van der Waals surface area contributed by atoms with Gasteiger partial charge in [-0.15, -0.1) is 0 Å². The molecule has 0 radical (unpaired) electrons. The van der Waals surface area contributed by atoms with Crippen LogP contribution in [-0.4, -0.2) is 53.2 Å². The van der Waals surface area contributed by atoms with Crippen LogP contribution in [0.1, 0.15) is 38.2 Å². The van der Waals surface area contributed by atoms with Crippen LogP contribution in [0.15, 0.2) is 18.3 Å². The molecule has 0 bridgehead atoms. The van der Waals surface area contributed by atoms with E-state index >= 15 is 0 Å². The standard InChI is InChI=1S/C16H23N3O4/c1-15(2,3)23-14(21)19-9-16(4,10-19)22-11-6-7-12(18-8-11)13(20)17-5/h6-8H,9-10H2,1-5H3,(H,17,20). The molecule has 0 saturated carbocycles. The topological polar surface area (TPSA) is 80.8 Å². The Morgan fingerprint density at radius 3 is 2.43 bits per heavy atom. The molecule has 1 aromatic heterocycles. The van der Waals surface area contributed by atoms with Gasteiger partial charge in [0.15, 0.2) is 0 Å². The maximum Gasteiger partial charge on any atom is 0.410 e. The number of carbonyl (C=O) groups is 2. The Bertz CT molecular complexity index is 586. The minimum atomic E-state index is -0.510. The van der Waals surface area contributed by atoms with Gasteiger partial charge in [-0.25, -0.2) is 9.78 Å². The summed E-state index contributed by atoms with van der Waals surface area (Å²) in [6.07, 6.45) is 1.16. The van der Waals surface area contributed by atoms with Crippen molar-refractivity contribution < 1.29 is 19.1 Å². The highest BCUT2D eigenvalue weighted by Gasteiger charge is 2.45. The molecule has 2 heterocycles. The minimum absolute atomic E-state index is 0.248. The van der Waals surface area contributed by atoms with Crippen LogP contribution in [0.3, 0.4) is 0 Å². The number of ether oxygens (including phenoxy) is 2. The van der Waals surface area contributed by atoms with Crippen LogP contribution in [-0.2, 0) is 4.74 Å². The second kappa shape index (κ2) is 6.06. The van der Waals surface area contributed by atoms with Gasteiger partial charge >= 0.3 is 6.09 Å². The molecule has 1 aliphatic rings. The fourth-order valence-corrected chi connectivity index (χ4v) is 2.27. The third-order valence-electron chi connectivity index (χ3n) is 3.26. The number of aromatic nitrogens is 1. The molecule has 0 atom stereocenters. The third kappa shape index (κ3) is 4.34. The molecule has 0 spiro atoms. The van der Waals surface area contributed by atoms with E-state index in [0.29, 0.717) is 24.5 Å². The number of hydrogen-bond donors (Lipinski definition) is 1. The predicted octanol–water partition coefficient (Wildman–Crippen LogP) is 1.83. The number of nitrogens with zero attached hydrogens (tertiary/aromatic N) is 2. The quantitative estimate of drug-likeness (QED) is 0.918. The number of carbonyl (C=O) groups excluding carboxylic acids is 2. The lowest BCUT2D eigenvalue weighted by atomic mass is 9.97. The first-order chi connectivity index (χ1) is 10.6. The van der Waals surface area contributed by atoms with Gasteiger partial charge in [-0.05, 0) is 39.8 Å². The van der Waals surface area contributed by atoms with Gasteiger partial charge in [0.25, 0.3) is 5.91 Å². The molecule has 0 aromatic carbocycles. The Morgan fingerprint density at radius 2 is 1.96 bits per heavy atom. The van der Waals surface area contributed by atoms with Crippen molar-refractivity contribution in [1.82, 2.24) is 15.2 Å². The van der Waals surface area contributed by atoms with Crippen LogP contribution in [0.4, 0.5) is 4.79 Å². The Kier molecular flexibility index (Phi) is 4.49. The zero-order valence-electron chi connectivity index (χ0n) is 14.2. The van der Waals surface area contributed by atoms with Crippen molar-refractivity contribution in [3.63, 3.8) is 0 Å². The fourth-order valence-electron chi connectivity index (χ4n) is 2.27. The van der Waals surface area contributed by atoms with Crippen molar-refractivity contribution in [2.45, 2.75) is 38.9 Å². The monoisotopic (exact) mass is 321 g/mol. The van der Waals surface area contributed by atoms with Crippen LogP contribution in [0.2, 0.25) is 0 Å². The molecule has 0 aliphatic carbocycles. The molecule has 0 unspecified atom stereocenters. The van der Waals surface area contributed by atoms with Gasteiger partial charge in [0.1, 0.15) is 22.6 Å². The SMILES string of the molecule is CNC(=O)c1ccc(OC2(C)CN(C(=O)OC(C)(C)C)C2)cn1. The minimum Gasteiger partial charge on any atom is -0.482 e. The third-order valence-corrected chi connectivity index (χ3v) is 3.26. The van der Waals surface area contributed by atoms with E-state index in [-0.39, 0.29) is 12.0 Å². The molecule has 126 valence electrons. The maximum absolute atomic E-state index is 11.9. The molecule has 1 fully saturated rings. The summed E-state index contributed by atoms with van der Waals surface area (Å²) in [6.45, 7) is 8.30. The molecule has 1 aromatic rings. The van der Waals surface area contributed by atoms with Crippen molar-refractivity contribution in [1.29, 1.82) is 0 Å². The van der Waals surface area contributed by atoms with E-state index in [1.807, 2.05) is 27.7 Å². The molecule has 1 saturated heterocycles. The number of likely N-dealkylation sites (tertiary alicyclic amines) is 1. The summed E-state index contributed by atoms with van der Waals surface area (Å²) >= 11 is 0. The summed E-state index contributed by atoms with van der Waals surface area (Å²) in [6, 6.07) is 3.29. The highest BCUT2D eigenvalue weighted by molar-refractivity contribution is 5.91. The fraction of sp³-hybridized carbons (Fsp3) is 0.562. The molecule has 2 amide bonds. The molecule has 23 heavy (non-hydrogen) atoms. The van der Waals surface area contributed by atoms with Gasteiger partial charge in [-0.3, -0.25) is 4.79 Å². The molecular formula is C16H23N3O4. The van der Waals surface area contributed by atoms with E-state index in [0.717, 1.165) is 0 Å². The Morgan fingerprint density at radius 1 is 1.30 bits per heavy atom. The highest BCUT2D eigenvalue weighted by Crippen LogP contribution is 2.28. The number of nitrogens with one attached hydrogen (secondary N) is 1. The number of pyridine rings is 1. The van der Waals surface area contributed by atoms with Gasteiger partial charge in [0.2, 0.25) is 0 Å². The van der Waals surface area contributed by atoms with Gasteiger partial charge < -0.3 is 19.7 Å². The summed E-state index contributed by atoms with van der Waals surface area (Å²) < 4.78 is 11.2. The largest absolute Gasteiger partial charge is 0.482 e. The van der Waals surface area contributed by atoms with Gasteiger partial charge in [0.05, 0.1) is 19.3 Å². The number of hydrogen-bond acceptors (Lipinski definition) is 5. The predicted molar refractivity (Wildman–Crippen MR) is 84.5 cm³/mol. The molecule has 1 aliphatic heterocycles. The first kappa shape index (κ1) is 17.1. The Labute approximate surface area is 136 Å². The maximum atomic E-state index is 11.9. The van der Waals surface area contributed by atoms with Crippen molar-refractivity contribution in [3.05, 3.63) is 24.0 Å². The highest BCUT2D eigenvalue weighted by atomic mass is 16.6. The smallest absolute Gasteiger partial charge is 0.410 e. The second-order valence-corrected chi connectivity index (χ2v) is 6.85. The van der Waals surface area contributed by atoms with Crippen LogP contribution in [0.5, 0.6) is 5.75 Å². The molecular weight excluding hydrogens is 298 g/mol. The van der Waals surface area contributed by atoms with Crippen molar-refractivity contribution in [2.75, 3.05) is 20.1 Å². The summed E-state index contributed by atoms with van der Waals surface area (Å²) in [7, 11) is 1.55. The zero-order chi connectivity index (χ0) is 17.3. The van der Waals surface area contributed by atoms with Crippen molar-refractivity contribution >= 4 is 12.0 Å². The van der Waals surface area contributed by atoms with Gasteiger partial charge in [0, 0.05) is 7.05 Å². The lowest BCUT2D eigenvalue weighted by molar-refractivity contribution is -0.0713. The van der Waals surface area contributed by atoms with Crippen LogP contribution in [0, 0.1) is 0 Å². The Balaban J connectivity index is 1.90. The van der Waals surface area contributed by atoms with E-state index in [4.69, 9.17) is 9.47 Å². The second-order valence-electron chi connectivity index (χ2n) is 6.85. The number of rotatable bonds is 3. The average Bonchev–Trinajstić information content (AvgIpc) is 2.42. The van der Waals surface area contributed by atoms with E-state index in [1.165, 1.54) is 6.20 Å². The Hall–Kier alpha value is -2.31. The molecule has 7 nitrogen and oxygen atoms in total. The molecule has 2 rings (SSSR count). The lowest BCUT2D eigenvalue weighted by Gasteiger charge is -2.47. The summed E-state index contributed by atoms with van der Waals surface area (Å²) in [5.74, 6) is 0.312. The molecule has 7 heteroatoms. The van der Waals surface area contributed by atoms with E-state index in [2.05, 4.69) is 10.3 Å². The lowest BCUT2D eigenvalue weighted by Crippen LogP contribution is -2.65. The van der Waals surface area contributed by atoms with E-state index in [1.54, 1.807) is 24.1 Å². The number of amides is 2. The van der Waals surface area contributed by atoms with E-state index < -0.39 is 11.2 Å². The molecule has 1 N–H and O–H groups in total. The first-order valence-corrected chi connectivity index (χ1v) is 7.47. The van der Waals surface area contributed by atoms with Gasteiger partial charge in [-0.1, -0.05) is 0 Å². The van der Waals surface area contributed by atoms with Crippen molar-refractivity contribution in [2.24, 2.45) is 0 Å². The van der Waals surface area contributed by atoms with Crippen molar-refractivity contribution in [3.8, 4) is 5.75 Å². The van der Waals surface area contributed by atoms with Crippen LogP contribution >= 0.6 is 0 Å². The summed E-state index contributed by atoms with van der Waals surface area (Å²) in [5, 5.41) is 2.51. The van der Waals surface area contributed by atoms with E-state index in [9.17, 15) is 9.59 Å². The first-order valence-electron chi connectivity index (χ1n) is 7.47. The van der Waals surface area contributed by atoms with Gasteiger partial charge in [-0.2, -0.15) is 0 Å². The van der Waals surface area contributed by atoms with Crippen LogP contribution < -0.4 is 10.1 Å². The average molecular weight is 321 g/mol. The zero-order valence-corrected chi connectivity index (χ0v) is 14.2. The normalized spacial score (nSPS) is 16.3. The summed E-state index contributed by atoms with van der Waals surface area (Å²) in [5.41, 5.74) is -0.662. The summed E-state index contributed by atoms with van der Waals surface area (Å²) in [4.78, 5) is 29.0.